The van der Waals surface area contributed by atoms with E-state index < -0.39 is 51.4 Å². The molecule has 1 N–H and O–H groups in total. The molecule has 0 amide bonds. The molecule has 1 aliphatic carbocycles. The standard InChI is InChI=1S/C24H19ClF4N2O3/c1-23(2)11-12(9-10-14(23)22(33)34)20-19-16(26)7-4-8-17(19)31(30-20)21(32)18-13(24(27,28)29)5-3-6-15(18)25/h3-8,11,14H,9-10H2,1-2H3,(H,33,34)/t14-/m0/s1. The molecule has 2 aromatic carbocycles. The van der Waals surface area contributed by atoms with Gasteiger partial charge in [-0.05, 0) is 48.1 Å². The molecule has 0 saturated heterocycles. The van der Waals surface area contributed by atoms with E-state index >= 15 is 0 Å². The highest BCUT2D eigenvalue weighted by Gasteiger charge is 2.39. The number of carboxylic acid groups (broad SMARTS) is 1. The highest BCUT2D eigenvalue weighted by molar-refractivity contribution is 6.34. The van der Waals surface area contributed by atoms with Gasteiger partial charge in [0.05, 0.1) is 38.7 Å². The van der Waals surface area contributed by atoms with E-state index in [1.165, 1.54) is 12.1 Å². The number of allylic oxidation sites excluding steroid dienone is 2. The second-order valence-electron chi connectivity index (χ2n) is 8.78. The predicted octanol–water partition coefficient (Wildman–Crippen LogP) is 6.44. The summed E-state index contributed by atoms with van der Waals surface area (Å²) in [5, 5.41) is 13.3. The lowest BCUT2D eigenvalue weighted by atomic mass is 9.70. The summed E-state index contributed by atoms with van der Waals surface area (Å²) in [6.45, 7) is 3.45. The Kier molecular flexibility index (Phi) is 5.80. The van der Waals surface area contributed by atoms with Gasteiger partial charge in [-0.3, -0.25) is 9.59 Å². The van der Waals surface area contributed by atoms with Crippen LogP contribution in [0.2, 0.25) is 5.02 Å². The number of nitrogens with zero attached hydrogens (tertiary/aromatic N) is 2. The van der Waals surface area contributed by atoms with Crippen LogP contribution in [-0.2, 0) is 11.0 Å². The third kappa shape index (κ3) is 3.98. The average molecular weight is 495 g/mol. The van der Waals surface area contributed by atoms with Crippen LogP contribution in [0.3, 0.4) is 0 Å². The molecule has 3 aromatic rings. The first-order valence-corrected chi connectivity index (χ1v) is 10.7. The zero-order valence-electron chi connectivity index (χ0n) is 18.1. The Hall–Kier alpha value is -3.20. The number of fused-ring (bicyclic) bond motifs is 1. The number of carboxylic acids is 1. The molecule has 1 aliphatic rings. The van der Waals surface area contributed by atoms with E-state index in [1.54, 1.807) is 19.9 Å². The molecule has 0 saturated carbocycles. The predicted molar refractivity (Wildman–Crippen MR) is 118 cm³/mol. The minimum Gasteiger partial charge on any atom is -0.481 e. The number of hydrogen-bond acceptors (Lipinski definition) is 3. The number of carbonyl (C=O) groups excluding carboxylic acids is 1. The molecule has 1 heterocycles. The number of halogens is 5. The summed E-state index contributed by atoms with van der Waals surface area (Å²) in [7, 11) is 0. The van der Waals surface area contributed by atoms with Gasteiger partial charge >= 0.3 is 12.1 Å². The zero-order chi connectivity index (χ0) is 25.0. The Morgan fingerprint density at radius 2 is 1.85 bits per heavy atom. The van der Waals surface area contributed by atoms with Crippen LogP contribution >= 0.6 is 11.6 Å². The third-order valence-electron chi connectivity index (χ3n) is 6.13. The summed E-state index contributed by atoms with van der Waals surface area (Å²) in [5.74, 6) is -3.50. The summed E-state index contributed by atoms with van der Waals surface area (Å²) in [6, 6.07) is 6.85. The highest BCUT2D eigenvalue weighted by atomic mass is 35.5. The Labute approximate surface area is 196 Å². The van der Waals surface area contributed by atoms with Gasteiger partial charge in [-0.1, -0.05) is 43.7 Å². The summed E-state index contributed by atoms with van der Waals surface area (Å²) in [5.41, 5.74) is -2.24. The number of alkyl halides is 3. The monoisotopic (exact) mass is 494 g/mol. The quantitative estimate of drug-likeness (QED) is 0.425. The number of rotatable bonds is 3. The number of hydrogen-bond donors (Lipinski definition) is 1. The molecule has 0 unspecified atom stereocenters. The molecule has 178 valence electrons. The molecular weight excluding hydrogens is 476 g/mol. The lowest BCUT2D eigenvalue weighted by Crippen LogP contribution is -2.32. The molecule has 0 radical (unpaired) electrons. The number of benzene rings is 2. The molecule has 5 nitrogen and oxygen atoms in total. The van der Waals surface area contributed by atoms with Gasteiger partial charge in [-0.25, -0.2) is 4.39 Å². The van der Waals surface area contributed by atoms with E-state index in [4.69, 9.17) is 11.6 Å². The van der Waals surface area contributed by atoms with Crippen molar-refractivity contribution in [1.82, 2.24) is 9.78 Å². The Bertz CT molecular complexity index is 1360. The van der Waals surface area contributed by atoms with Crippen LogP contribution in [-0.4, -0.2) is 26.8 Å². The van der Waals surface area contributed by atoms with Crippen LogP contribution in [0.15, 0.2) is 42.5 Å². The molecule has 0 bridgehead atoms. The summed E-state index contributed by atoms with van der Waals surface area (Å²) < 4.78 is 56.5. The molecule has 0 spiro atoms. The van der Waals surface area contributed by atoms with Crippen LogP contribution < -0.4 is 0 Å². The van der Waals surface area contributed by atoms with Crippen LogP contribution in [0, 0.1) is 17.2 Å². The second kappa shape index (κ2) is 8.23. The lowest BCUT2D eigenvalue weighted by Gasteiger charge is -2.33. The second-order valence-corrected chi connectivity index (χ2v) is 9.19. The number of aliphatic carboxylic acids is 1. The molecular formula is C24H19ClF4N2O3. The van der Waals surface area contributed by atoms with E-state index in [0.717, 1.165) is 28.9 Å². The summed E-state index contributed by atoms with van der Waals surface area (Å²) in [6.07, 6.45) is -2.67. The van der Waals surface area contributed by atoms with Crippen LogP contribution in [0.4, 0.5) is 17.6 Å². The smallest absolute Gasteiger partial charge is 0.417 e. The maximum atomic E-state index is 14.9. The van der Waals surface area contributed by atoms with Gasteiger partial charge in [0.25, 0.3) is 5.91 Å². The van der Waals surface area contributed by atoms with Gasteiger partial charge in [0.1, 0.15) is 5.82 Å². The van der Waals surface area contributed by atoms with Crippen LogP contribution in [0.1, 0.15) is 48.3 Å². The van der Waals surface area contributed by atoms with E-state index in [1.807, 2.05) is 0 Å². The molecule has 34 heavy (non-hydrogen) atoms. The molecule has 10 heteroatoms. The molecule has 4 rings (SSSR count). The highest BCUT2D eigenvalue weighted by Crippen LogP contribution is 2.44. The topological polar surface area (TPSA) is 72.2 Å². The van der Waals surface area contributed by atoms with Crippen molar-refractivity contribution in [2.75, 3.05) is 0 Å². The Morgan fingerprint density at radius 3 is 2.47 bits per heavy atom. The van der Waals surface area contributed by atoms with E-state index in [2.05, 4.69) is 5.10 Å². The largest absolute Gasteiger partial charge is 0.481 e. The fourth-order valence-corrected chi connectivity index (χ4v) is 4.77. The fraction of sp³-hybridized carbons (Fsp3) is 0.292. The van der Waals surface area contributed by atoms with E-state index in [9.17, 15) is 32.3 Å². The van der Waals surface area contributed by atoms with E-state index in [-0.39, 0.29) is 29.4 Å². The van der Waals surface area contributed by atoms with E-state index in [0.29, 0.717) is 5.57 Å². The maximum Gasteiger partial charge on any atom is 0.417 e. The fourth-order valence-electron chi connectivity index (χ4n) is 4.51. The van der Waals surface area contributed by atoms with Gasteiger partial charge in [-0.2, -0.15) is 23.0 Å². The van der Waals surface area contributed by atoms with Crippen molar-refractivity contribution in [1.29, 1.82) is 0 Å². The lowest BCUT2D eigenvalue weighted by molar-refractivity contribution is -0.145. The van der Waals surface area contributed by atoms with Crippen LogP contribution in [0.5, 0.6) is 0 Å². The molecule has 1 atom stereocenters. The third-order valence-corrected chi connectivity index (χ3v) is 6.45. The van der Waals surface area contributed by atoms with Crippen molar-refractivity contribution in [3.63, 3.8) is 0 Å². The summed E-state index contributed by atoms with van der Waals surface area (Å²) >= 11 is 6.00. The van der Waals surface area contributed by atoms with Gasteiger partial charge in [0.2, 0.25) is 0 Å². The van der Waals surface area contributed by atoms with Crippen molar-refractivity contribution in [3.8, 4) is 0 Å². The Balaban J connectivity index is 1.94. The minimum absolute atomic E-state index is 0.0212. The van der Waals surface area contributed by atoms with Gasteiger partial charge in [0, 0.05) is 0 Å². The van der Waals surface area contributed by atoms with Crippen molar-refractivity contribution in [3.05, 3.63) is 70.1 Å². The SMILES string of the molecule is CC1(C)C=C(c2nn(C(=O)c3c(Cl)cccc3C(F)(F)F)c3cccc(F)c23)CC[C@H]1C(=O)O. The normalized spacial score (nSPS) is 18.1. The Morgan fingerprint density at radius 1 is 1.18 bits per heavy atom. The first kappa shape index (κ1) is 23.9. The van der Waals surface area contributed by atoms with Crippen molar-refractivity contribution >= 4 is 40.0 Å². The van der Waals surface area contributed by atoms with Gasteiger partial charge in [0.15, 0.2) is 0 Å². The van der Waals surface area contributed by atoms with Crippen molar-refractivity contribution in [2.45, 2.75) is 32.9 Å². The van der Waals surface area contributed by atoms with Crippen molar-refractivity contribution in [2.24, 2.45) is 11.3 Å². The van der Waals surface area contributed by atoms with Crippen molar-refractivity contribution < 1.29 is 32.3 Å². The number of aromatic nitrogens is 2. The first-order valence-electron chi connectivity index (χ1n) is 10.4. The minimum atomic E-state index is -4.85. The molecule has 0 aliphatic heterocycles. The first-order chi connectivity index (χ1) is 15.8. The summed E-state index contributed by atoms with van der Waals surface area (Å²) in [4.78, 5) is 24.9. The van der Waals surface area contributed by atoms with Gasteiger partial charge < -0.3 is 5.11 Å². The zero-order valence-corrected chi connectivity index (χ0v) is 18.8. The van der Waals surface area contributed by atoms with Crippen LogP contribution in [0.25, 0.3) is 16.5 Å². The maximum absolute atomic E-state index is 14.9. The molecule has 1 aromatic heterocycles. The van der Waals surface area contributed by atoms with Gasteiger partial charge in [-0.15, -0.1) is 0 Å². The molecule has 0 fully saturated rings. The number of carbonyl (C=O) groups is 2. The average Bonchev–Trinajstić information content (AvgIpc) is 3.12.